The van der Waals surface area contributed by atoms with Crippen molar-refractivity contribution < 1.29 is 13.2 Å². The van der Waals surface area contributed by atoms with E-state index < -0.39 is 10.0 Å². The van der Waals surface area contributed by atoms with Gasteiger partial charge in [-0.05, 0) is 24.6 Å². The third kappa shape index (κ3) is 6.23. The molecule has 0 radical (unpaired) electrons. The summed E-state index contributed by atoms with van der Waals surface area (Å²) in [6, 6.07) is 6.31. The van der Waals surface area contributed by atoms with E-state index in [4.69, 9.17) is 11.6 Å². The Balaban J connectivity index is 1.77. The molecular weight excluding hydrogens is 374 g/mol. The molecule has 26 heavy (non-hydrogen) atoms. The predicted octanol–water partition coefficient (Wildman–Crippen LogP) is 2.34. The number of sulfonamides is 1. The van der Waals surface area contributed by atoms with E-state index in [1.54, 1.807) is 18.2 Å². The predicted molar refractivity (Wildman–Crippen MR) is 104 cm³/mol. The molecule has 1 amide bonds. The van der Waals surface area contributed by atoms with Crippen molar-refractivity contribution in [2.24, 2.45) is 0 Å². The molecule has 1 aliphatic rings. The fourth-order valence-electron chi connectivity index (χ4n) is 2.94. The Kier molecular flexibility index (Phi) is 8.34. The fraction of sp³-hybridized carbons (Fsp3) is 0.611. The van der Waals surface area contributed by atoms with Crippen LogP contribution in [0, 0.1) is 0 Å². The van der Waals surface area contributed by atoms with Gasteiger partial charge in [0.1, 0.15) is 0 Å². The minimum absolute atomic E-state index is 0.00708. The van der Waals surface area contributed by atoms with Gasteiger partial charge in [-0.15, -0.1) is 0 Å². The summed E-state index contributed by atoms with van der Waals surface area (Å²) in [6.45, 7) is 5.02. The smallest absolute Gasteiger partial charge is 0.243 e. The maximum Gasteiger partial charge on any atom is 0.243 e. The number of piperazine rings is 1. The number of hydrogen-bond donors (Lipinski definition) is 1. The Labute approximate surface area is 161 Å². The van der Waals surface area contributed by atoms with Gasteiger partial charge in [-0.1, -0.05) is 43.9 Å². The van der Waals surface area contributed by atoms with Gasteiger partial charge >= 0.3 is 0 Å². The topological polar surface area (TPSA) is 69.7 Å². The molecule has 146 valence electrons. The second-order valence-electron chi connectivity index (χ2n) is 6.55. The van der Waals surface area contributed by atoms with E-state index in [2.05, 4.69) is 12.2 Å². The average molecular weight is 402 g/mol. The van der Waals surface area contributed by atoms with E-state index in [1.807, 2.05) is 4.90 Å². The standard InChI is InChI=1S/C18H28ClN3O3S/c1-2-3-4-5-9-20-18(23)15-21-10-12-22(13-11-21)26(24,25)17-8-6-7-16(19)14-17/h6-8,14H,2-5,9-13,15H2,1H3,(H,20,23). The summed E-state index contributed by atoms with van der Waals surface area (Å²) in [5.74, 6) is 0.00708. The summed E-state index contributed by atoms with van der Waals surface area (Å²) in [4.78, 5) is 14.2. The van der Waals surface area contributed by atoms with Crippen molar-refractivity contribution in [1.82, 2.24) is 14.5 Å². The molecule has 0 unspecified atom stereocenters. The van der Waals surface area contributed by atoms with Gasteiger partial charge in [0.2, 0.25) is 15.9 Å². The number of rotatable bonds is 9. The minimum atomic E-state index is -3.54. The van der Waals surface area contributed by atoms with Gasteiger partial charge in [0.25, 0.3) is 0 Å². The normalized spacial score (nSPS) is 16.5. The molecule has 0 aromatic heterocycles. The molecule has 0 bridgehead atoms. The van der Waals surface area contributed by atoms with Crippen LogP contribution in [-0.4, -0.2) is 62.8 Å². The van der Waals surface area contributed by atoms with Crippen LogP contribution >= 0.6 is 11.6 Å². The van der Waals surface area contributed by atoms with E-state index in [0.717, 1.165) is 12.8 Å². The summed E-state index contributed by atoms with van der Waals surface area (Å²) >= 11 is 5.90. The monoisotopic (exact) mass is 401 g/mol. The molecular formula is C18H28ClN3O3S. The molecule has 1 aliphatic heterocycles. The SMILES string of the molecule is CCCCCCNC(=O)CN1CCN(S(=O)(=O)c2cccc(Cl)c2)CC1. The molecule has 1 N–H and O–H groups in total. The van der Waals surface area contributed by atoms with Crippen molar-refractivity contribution in [2.75, 3.05) is 39.3 Å². The summed E-state index contributed by atoms with van der Waals surface area (Å²) < 4.78 is 26.8. The number of halogens is 1. The Bertz CT molecular complexity index is 689. The van der Waals surface area contributed by atoms with Crippen LogP contribution in [0.1, 0.15) is 32.6 Å². The molecule has 1 saturated heterocycles. The highest BCUT2D eigenvalue weighted by molar-refractivity contribution is 7.89. The van der Waals surface area contributed by atoms with Crippen LogP contribution in [0.3, 0.4) is 0 Å². The van der Waals surface area contributed by atoms with Crippen molar-refractivity contribution in [2.45, 2.75) is 37.5 Å². The van der Waals surface area contributed by atoms with Crippen LogP contribution < -0.4 is 5.32 Å². The first kappa shape index (κ1) is 21.2. The molecule has 0 saturated carbocycles. The summed E-state index contributed by atoms with van der Waals surface area (Å²) in [6.07, 6.45) is 4.51. The van der Waals surface area contributed by atoms with Crippen molar-refractivity contribution in [1.29, 1.82) is 0 Å². The number of amides is 1. The van der Waals surface area contributed by atoms with Crippen LogP contribution in [0.5, 0.6) is 0 Å². The molecule has 1 aromatic rings. The fourth-order valence-corrected chi connectivity index (χ4v) is 4.67. The molecule has 0 spiro atoms. The number of nitrogens with one attached hydrogen (secondary N) is 1. The zero-order valence-electron chi connectivity index (χ0n) is 15.3. The quantitative estimate of drug-likeness (QED) is 0.645. The van der Waals surface area contributed by atoms with E-state index in [0.29, 0.717) is 44.3 Å². The van der Waals surface area contributed by atoms with Crippen molar-refractivity contribution >= 4 is 27.5 Å². The Hall–Kier alpha value is -1.15. The maximum atomic E-state index is 12.7. The Morgan fingerprint density at radius 3 is 2.54 bits per heavy atom. The summed E-state index contributed by atoms with van der Waals surface area (Å²) in [5, 5.41) is 3.34. The molecule has 1 aromatic carbocycles. The van der Waals surface area contributed by atoms with Gasteiger partial charge in [0, 0.05) is 37.7 Å². The number of hydrogen-bond acceptors (Lipinski definition) is 4. The minimum Gasteiger partial charge on any atom is -0.355 e. The van der Waals surface area contributed by atoms with Crippen LogP contribution in [0.4, 0.5) is 0 Å². The summed E-state index contributed by atoms with van der Waals surface area (Å²) in [5.41, 5.74) is 0. The van der Waals surface area contributed by atoms with Crippen molar-refractivity contribution in [3.05, 3.63) is 29.3 Å². The molecule has 2 rings (SSSR count). The zero-order chi connectivity index (χ0) is 19.0. The first-order valence-electron chi connectivity index (χ1n) is 9.18. The van der Waals surface area contributed by atoms with Gasteiger partial charge in [-0.3, -0.25) is 9.69 Å². The lowest BCUT2D eigenvalue weighted by atomic mass is 10.2. The third-order valence-electron chi connectivity index (χ3n) is 4.48. The molecule has 6 nitrogen and oxygen atoms in total. The van der Waals surface area contributed by atoms with Gasteiger partial charge in [0.15, 0.2) is 0 Å². The second kappa shape index (κ2) is 10.3. The van der Waals surface area contributed by atoms with Crippen LogP contribution in [-0.2, 0) is 14.8 Å². The first-order valence-corrected chi connectivity index (χ1v) is 11.0. The van der Waals surface area contributed by atoms with Gasteiger partial charge in [0.05, 0.1) is 11.4 Å². The average Bonchev–Trinajstić information content (AvgIpc) is 2.62. The highest BCUT2D eigenvalue weighted by atomic mass is 35.5. The summed E-state index contributed by atoms with van der Waals surface area (Å²) in [7, 11) is -3.54. The largest absolute Gasteiger partial charge is 0.355 e. The molecule has 1 fully saturated rings. The van der Waals surface area contributed by atoms with E-state index in [9.17, 15) is 13.2 Å². The van der Waals surface area contributed by atoms with Gasteiger partial charge in [-0.25, -0.2) is 8.42 Å². The molecule has 8 heteroatoms. The lowest BCUT2D eigenvalue weighted by Gasteiger charge is -2.33. The number of carbonyl (C=O) groups is 1. The zero-order valence-corrected chi connectivity index (χ0v) is 16.9. The highest BCUT2D eigenvalue weighted by Crippen LogP contribution is 2.20. The number of carbonyl (C=O) groups excluding carboxylic acids is 1. The lowest BCUT2D eigenvalue weighted by molar-refractivity contribution is -0.122. The Morgan fingerprint density at radius 1 is 1.15 bits per heavy atom. The molecule has 1 heterocycles. The number of unbranched alkanes of at least 4 members (excludes halogenated alkanes) is 3. The maximum absolute atomic E-state index is 12.7. The molecule has 0 atom stereocenters. The van der Waals surface area contributed by atoms with Crippen LogP contribution in [0.25, 0.3) is 0 Å². The van der Waals surface area contributed by atoms with Crippen molar-refractivity contribution in [3.8, 4) is 0 Å². The van der Waals surface area contributed by atoms with E-state index >= 15 is 0 Å². The third-order valence-corrected chi connectivity index (χ3v) is 6.61. The lowest BCUT2D eigenvalue weighted by Crippen LogP contribution is -2.51. The Morgan fingerprint density at radius 2 is 1.88 bits per heavy atom. The second-order valence-corrected chi connectivity index (χ2v) is 8.92. The number of nitrogens with zero attached hydrogens (tertiary/aromatic N) is 2. The van der Waals surface area contributed by atoms with E-state index in [1.165, 1.54) is 23.2 Å². The van der Waals surface area contributed by atoms with Crippen LogP contribution in [0.15, 0.2) is 29.2 Å². The highest BCUT2D eigenvalue weighted by Gasteiger charge is 2.29. The van der Waals surface area contributed by atoms with Gasteiger partial charge in [-0.2, -0.15) is 4.31 Å². The van der Waals surface area contributed by atoms with Crippen LogP contribution in [0.2, 0.25) is 5.02 Å². The van der Waals surface area contributed by atoms with Gasteiger partial charge < -0.3 is 5.32 Å². The number of benzene rings is 1. The van der Waals surface area contributed by atoms with E-state index in [-0.39, 0.29) is 10.8 Å². The van der Waals surface area contributed by atoms with Crippen molar-refractivity contribution in [3.63, 3.8) is 0 Å². The molecule has 0 aliphatic carbocycles. The first-order chi connectivity index (χ1) is 12.4.